The molecule has 0 bridgehead atoms. The second kappa shape index (κ2) is 4.84. The van der Waals surface area contributed by atoms with Crippen LogP contribution in [0.4, 0.5) is 10.5 Å². The SMILES string of the molecule is NNC(=O)Nc1ccccc1CBr. The molecule has 1 aromatic carbocycles. The van der Waals surface area contributed by atoms with Gasteiger partial charge in [0.2, 0.25) is 0 Å². The van der Waals surface area contributed by atoms with Crippen LogP contribution in [0, 0.1) is 0 Å². The van der Waals surface area contributed by atoms with Crippen LogP contribution in [0.3, 0.4) is 0 Å². The van der Waals surface area contributed by atoms with Crippen molar-refractivity contribution in [2.75, 3.05) is 5.32 Å². The predicted octanol–water partition coefficient (Wildman–Crippen LogP) is 1.58. The van der Waals surface area contributed by atoms with E-state index in [-0.39, 0.29) is 0 Å². The van der Waals surface area contributed by atoms with Gasteiger partial charge in [-0.3, -0.25) is 5.43 Å². The average molecular weight is 244 g/mol. The van der Waals surface area contributed by atoms with Crippen molar-refractivity contribution >= 4 is 27.6 Å². The standard InChI is InChI=1S/C8H10BrN3O/c9-5-6-3-1-2-4-7(6)11-8(13)12-10/h1-4H,5,10H2,(H2,11,12,13). The smallest absolute Gasteiger partial charge is 0.307 e. The van der Waals surface area contributed by atoms with Crippen LogP contribution >= 0.6 is 15.9 Å². The summed E-state index contributed by atoms with van der Waals surface area (Å²) >= 11 is 3.32. The molecule has 5 heteroatoms. The molecule has 4 nitrogen and oxygen atoms in total. The van der Waals surface area contributed by atoms with Crippen LogP contribution in [0.25, 0.3) is 0 Å². The summed E-state index contributed by atoms with van der Waals surface area (Å²) in [5.74, 6) is 4.94. The monoisotopic (exact) mass is 243 g/mol. The van der Waals surface area contributed by atoms with Gasteiger partial charge in [-0.25, -0.2) is 10.6 Å². The first-order chi connectivity index (χ1) is 6.27. The number of hydrogen-bond donors (Lipinski definition) is 3. The van der Waals surface area contributed by atoms with E-state index in [1.54, 1.807) is 0 Å². The first-order valence-electron chi connectivity index (χ1n) is 3.69. The Labute approximate surface area is 84.6 Å². The maximum atomic E-state index is 10.9. The molecule has 13 heavy (non-hydrogen) atoms. The molecule has 2 amide bonds. The molecule has 1 rings (SSSR count). The summed E-state index contributed by atoms with van der Waals surface area (Å²) in [6.07, 6.45) is 0. The van der Waals surface area contributed by atoms with Gasteiger partial charge in [0.1, 0.15) is 0 Å². The first-order valence-corrected chi connectivity index (χ1v) is 4.81. The summed E-state index contributed by atoms with van der Waals surface area (Å²) in [5, 5.41) is 3.29. The second-order valence-corrected chi connectivity index (χ2v) is 2.95. The van der Waals surface area contributed by atoms with Crippen molar-refractivity contribution in [3.05, 3.63) is 29.8 Å². The number of rotatable bonds is 2. The molecule has 0 radical (unpaired) electrons. The number of nitrogens with one attached hydrogen (secondary N) is 2. The number of carbonyl (C=O) groups excluding carboxylic acids is 1. The number of anilines is 1. The van der Waals surface area contributed by atoms with Crippen LogP contribution in [0.2, 0.25) is 0 Å². The lowest BCUT2D eigenvalue weighted by Crippen LogP contribution is -2.34. The van der Waals surface area contributed by atoms with Crippen molar-refractivity contribution in [3.63, 3.8) is 0 Å². The van der Waals surface area contributed by atoms with Crippen LogP contribution in [-0.4, -0.2) is 6.03 Å². The minimum Gasteiger partial charge on any atom is -0.307 e. The predicted molar refractivity (Wildman–Crippen MR) is 55.4 cm³/mol. The van der Waals surface area contributed by atoms with Gasteiger partial charge in [-0.15, -0.1) is 0 Å². The van der Waals surface area contributed by atoms with E-state index in [0.717, 1.165) is 11.3 Å². The zero-order chi connectivity index (χ0) is 9.68. The lowest BCUT2D eigenvalue weighted by atomic mass is 10.2. The quantitative estimate of drug-likeness (QED) is 0.320. The highest BCUT2D eigenvalue weighted by atomic mass is 79.9. The van der Waals surface area contributed by atoms with Crippen molar-refractivity contribution in [2.24, 2.45) is 5.84 Å². The maximum Gasteiger partial charge on any atom is 0.333 e. The minimum atomic E-state index is -0.423. The van der Waals surface area contributed by atoms with Gasteiger partial charge in [-0.2, -0.15) is 0 Å². The Kier molecular flexibility index (Phi) is 3.72. The Morgan fingerprint density at radius 3 is 2.77 bits per heavy atom. The summed E-state index contributed by atoms with van der Waals surface area (Å²) in [7, 11) is 0. The molecule has 4 N–H and O–H groups in total. The van der Waals surface area contributed by atoms with Gasteiger partial charge in [0.25, 0.3) is 0 Å². The molecule has 0 fully saturated rings. The normalized spacial score (nSPS) is 9.38. The van der Waals surface area contributed by atoms with Crippen molar-refractivity contribution in [3.8, 4) is 0 Å². The van der Waals surface area contributed by atoms with Crippen LogP contribution in [0.1, 0.15) is 5.56 Å². The number of benzene rings is 1. The third-order valence-electron chi connectivity index (χ3n) is 1.54. The largest absolute Gasteiger partial charge is 0.333 e. The zero-order valence-corrected chi connectivity index (χ0v) is 8.47. The Morgan fingerprint density at radius 2 is 2.15 bits per heavy atom. The maximum absolute atomic E-state index is 10.9. The molecule has 0 aliphatic rings. The zero-order valence-electron chi connectivity index (χ0n) is 6.88. The van der Waals surface area contributed by atoms with E-state index in [0.29, 0.717) is 5.33 Å². The van der Waals surface area contributed by atoms with Gasteiger partial charge in [0.15, 0.2) is 0 Å². The third kappa shape index (κ3) is 2.71. The van der Waals surface area contributed by atoms with E-state index in [1.807, 2.05) is 29.7 Å². The van der Waals surface area contributed by atoms with Gasteiger partial charge in [0, 0.05) is 11.0 Å². The van der Waals surface area contributed by atoms with E-state index in [2.05, 4.69) is 21.2 Å². The van der Waals surface area contributed by atoms with Gasteiger partial charge in [-0.1, -0.05) is 34.1 Å². The fourth-order valence-corrected chi connectivity index (χ4v) is 1.41. The molecule has 1 aromatic rings. The number of para-hydroxylation sites is 1. The van der Waals surface area contributed by atoms with Crippen molar-refractivity contribution < 1.29 is 4.79 Å². The van der Waals surface area contributed by atoms with Crippen LogP contribution in [0.15, 0.2) is 24.3 Å². The fourth-order valence-electron chi connectivity index (χ4n) is 0.917. The molecule has 0 aromatic heterocycles. The molecule has 0 aliphatic carbocycles. The molecular weight excluding hydrogens is 234 g/mol. The number of hydrazine groups is 1. The topological polar surface area (TPSA) is 67.1 Å². The van der Waals surface area contributed by atoms with E-state index >= 15 is 0 Å². The summed E-state index contributed by atoms with van der Waals surface area (Å²) in [5.41, 5.74) is 3.76. The molecule has 0 atom stereocenters. The summed E-state index contributed by atoms with van der Waals surface area (Å²) in [4.78, 5) is 10.9. The number of alkyl halides is 1. The number of amides is 2. The summed E-state index contributed by atoms with van der Waals surface area (Å²) in [6.45, 7) is 0. The third-order valence-corrected chi connectivity index (χ3v) is 2.14. The minimum absolute atomic E-state index is 0.423. The van der Waals surface area contributed by atoms with E-state index in [4.69, 9.17) is 5.84 Å². The molecule has 0 heterocycles. The Morgan fingerprint density at radius 1 is 1.46 bits per heavy atom. The molecule has 0 saturated heterocycles. The van der Waals surface area contributed by atoms with Crippen LogP contribution in [-0.2, 0) is 5.33 Å². The van der Waals surface area contributed by atoms with Crippen LogP contribution in [0.5, 0.6) is 0 Å². The number of nitrogens with two attached hydrogens (primary N) is 1. The molecule has 0 aliphatic heterocycles. The second-order valence-electron chi connectivity index (χ2n) is 2.39. The van der Waals surface area contributed by atoms with Crippen molar-refractivity contribution in [2.45, 2.75) is 5.33 Å². The highest BCUT2D eigenvalue weighted by molar-refractivity contribution is 9.08. The fraction of sp³-hybridized carbons (Fsp3) is 0.125. The van der Waals surface area contributed by atoms with Gasteiger partial charge < -0.3 is 5.32 Å². The Balaban J connectivity index is 2.81. The summed E-state index contributed by atoms with van der Waals surface area (Å²) < 4.78 is 0. The van der Waals surface area contributed by atoms with E-state index in [1.165, 1.54) is 0 Å². The number of urea groups is 1. The van der Waals surface area contributed by atoms with E-state index < -0.39 is 6.03 Å². The molecular formula is C8H10BrN3O. The molecule has 70 valence electrons. The highest BCUT2D eigenvalue weighted by Gasteiger charge is 2.02. The Bertz CT molecular complexity index is 303. The first kappa shape index (κ1) is 10.0. The summed E-state index contributed by atoms with van der Waals surface area (Å²) in [6, 6.07) is 7.06. The Hall–Kier alpha value is -1.07. The highest BCUT2D eigenvalue weighted by Crippen LogP contribution is 2.17. The van der Waals surface area contributed by atoms with E-state index in [9.17, 15) is 4.79 Å². The van der Waals surface area contributed by atoms with Crippen molar-refractivity contribution in [1.29, 1.82) is 0 Å². The number of halogens is 1. The average Bonchev–Trinajstić information content (AvgIpc) is 2.18. The van der Waals surface area contributed by atoms with Crippen LogP contribution < -0.4 is 16.6 Å². The lowest BCUT2D eigenvalue weighted by Gasteiger charge is -2.07. The number of hydrogen-bond acceptors (Lipinski definition) is 2. The van der Waals surface area contributed by atoms with Crippen molar-refractivity contribution in [1.82, 2.24) is 5.43 Å². The number of carbonyl (C=O) groups is 1. The molecule has 0 saturated carbocycles. The molecule has 0 spiro atoms. The van der Waals surface area contributed by atoms with Gasteiger partial charge in [-0.05, 0) is 11.6 Å². The van der Waals surface area contributed by atoms with Gasteiger partial charge >= 0.3 is 6.03 Å². The lowest BCUT2D eigenvalue weighted by molar-refractivity contribution is 0.252. The van der Waals surface area contributed by atoms with Gasteiger partial charge in [0.05, 0.1) is 0 Å². The molecule has 0 unspecified atom stereocenters.